The number of aromatic nitrogens is 2. The van der Waals surface area contributed by atoms with E-state index in [1.54, 1.807) is 25.5 Å². The lowest BCUT2D eigenvalue weighted by molar-refractivity contribution is 0.468. The van der Waals surface area contributed by atoms with Gasteiger partial charge in [-0.25, -0.2) is 8.42 Å². The summed E-state index contributed by atoms with van der Waals surface area (Å²) in [6.07, 6.45) is 3.99. The zero-order valence-corrected chi connectivity index (χ0v) is 12.2. The van der Waals surface area contributed by atoms with Crippen LogP contribution in [-0.2, 0) is 23.0 Å². The van der Waals surface area contributed by atoms with Gasteiger partial charge in [0.1, 0.15) is 4.21 Å². The summed E-state index contributed by atoms with van der Waals surface area (Å²) in [5.74, 6) is 0. The first-order valence-corrected chi connectivity index (χ1v) is 8.02. The van der Waals surface area contributed by atoms with Crippen LogP contribution in [0.1, 0.15) is 10.4 Å². The van der Waals surface area contributed by atoms with Crippen molar-refractivity contribution in [2.24, 2.45) is 5.73 Å². The standard InChI is InChI=1S/C11H16N4O2S2/c1-15(8-9-6-13-14-7-9)19(16,17)11-3-2-10(18-11)4-5-12/h2-3,6-7H,4-5,8,12H2,1H3,(H,13,14). The Morgan fingerprint density at radius 2 is 2.26 bits per heavy atom. The Labute approximate surface area is 116 Å². The molecule has 0 saturated heterocycles. The molecular formula is C11H16N4O2S2. The number of hydrogen-bond donors (Lipinski definition) is 2. The molecule has 6 nitrogen and oxygen atoms in total. The highest BCUT2D eigenvalue weighted by Gasteiger charge is 2.23. The lowest BCUT2D eigenvalue weighted by atomic mass is 10.3. The average molecular weight is 300 g/mol. The average Bonchev–Trinajstić information content (AvgIpc) is 3.00. The first kappa shape index (κ1) is 14.2. The van der Waals surface area contributed by atoms with E-state index < -0.39 is 10.0 Å². The molecule has 3 N–H and O–H groups in total. The molecule has 2 heterocycles. The molecule has 104 valence electrons. The Hall–Kier alpha value is -1.22. The van der Waals surface area contributed by atoms with Crippen molar-refractivity contribution in [1.82, 2.24) is 14.5 Å². The van der Waals surface area contributed by atoms with Crippen molar-refractivity contribution in [2.75, 3.05) is 13.6 Å². The molecule has 0 saturated carbocycles. The largest absolute Gasteiger partial charge is 0.330 e. The SMILES string of the molecule is CN(Cc1cn[nH]c1)S(=O)(=O)c1ccc(CCN)s1. The molecule has 0 aliphatic heterocycles. The molecule has 0 radical (unpaired) electrons. The van der Waals surface area contributed by atoms with E-state index in [1.165, 1.54) is 15.6 Å². The molecule has 0 aromatic carbocycles. The van der Waals surface area contributed by atoms with Crippen LogP contribution in [0.15, 0.2) is 28.7 Å². The number of thiophene rings is 1. The van der Waals surface area contributed by atoms with E-state index in [-0.39, 0.29) is 0 Å². The Morgan fingerprint density at radius 3 is 2.89 bits per heavy atom. The van der Waals surface area contributed by atoms with E-state index >= 15 is 0 Å². The quantitative estimate of drug-likeness (QED) is 0.825. The van der Waals surface area contributed by atoms with Crippen molar-refractivity contribution in [3.8, 4) is 0 Å². The third-order valence-corrected chi connectivity index (χ3v) is 6.07. The molecule has 2 rings (SSSR count). The maximum absolute atomic E-state index is 12.4. The number of nitrogens with one attached hydrogen (secondary N) is 1. The maximum Gasteiger partial charge on any atom is 0.252 e. The summed E-state index contributed by atoms with van der Waals surface area (Å²) < 4.78 is 26.4. The van der Waals surface area contributed by atoms with Gasteiger partial charge >= 0.3 is 0 Å². The lowest BCUT2D eigenvalue weighted by Crippen LogP contribution is -2.25. The van der Waals surface area contributed by atoms with Crippen molar-refractivity contribution >= 4 is 21.4 Å². The highest BCUT2D eigenvalue weighted by molar-refractivity contribution is 7.91. The fraction of sp³-hybridized carbons (Fsp3) is 0.364. The zero-order valence-electron chi connectivity index (χ0n) is 10.5. The van der Waals surface area contributed by atoms with Crippen molar-refractivity contribution in [2.45, 2.75) is 17.2 Å². The number of H-pyrrole nitrogens is 1. The topological polar surface area (TPSA) is 92.1 Å². The molecule has 0 spiro atoms. The number of aromatic amines is 1. The van der Waals surface area contributed by atoms with Gasteiger partial charge in [-0.1, -0.05) is 0 Å². The van der Waals surface area contributed by atoms with Gasteiger partial charge in [-0.15, -0.1) is 11.3 Å². The van der Waals surface area contributed by atoms with E-state index in [2.05, 4.69) is 10.2 Å². The Kier molecular flexibility index (Phi) is 4.35. The first-order chi connectivity index (χ1) is 9.04. The molecule has 8 heteroatoms. The van der Waals surface area contributed by atoms with Gasteiger partial charge in [0.25, 0.3) is 10.0 Å². The molecule has 0 fully saturated rings. The smallest absolute Gasteiger partial charge is 0.252 e. The molecule has 19 heavy (non-hydrogen) atoms. The summed E-state index contributed by atoms with van der Waals surface area (Å²) in [5.41, 5.74) is 6.29. The normalized spacial score (nSPS) is 12.2. The van der Waals surface area contributed by atoms with Crippen LogP contribution in [0.2, 0.25) is 0 Å². The van der Waals surface area contributed by atoms with Crippen molar-refractivity contribution < 1.29 is 8.42 Å². The predicted molar refractivity (Wildman–Crippen MR) is 74.3 cm³/mol. The van der Waals surface area contributed by atoms with Gasteiger partial charge in [-0.3, -0.25) is 5.10 Å². The van der Waals surface area contributed by atoms with Gasteiger partial charge < -0.3 is 5.73 Å². The van der Waals surface area contributed by atoms with Crippen molar-refractivity contribution in [1.29, 1.82) is 0 Å². The monoisotopic (exact) mass is 300 g/mol. The molecule has 0 unspecified atom stereocenters. The molecule has 0 atom stereocenters. The molecule has 0 bridgehead atoms. The van der Waals surface area contributed by atoms with Gasteiger partial charge in [-0.05, 0) is 25.1 Å². The number of nitrogens with two attached hydrogens (primary N) is 1. The Morgan fingerprint density at radius 1 is 1.47 bits per heavy atom. The highest BCUT2D eigenvalue weighted by atomic mass is 32.2. The van der Waals surface area contributed by atoms with Crippen molar-refractivity contribution in [3.63, 3.8) is 0 Å². The fourth-order valence-corrected chi connectivity index (χ4v) is 4.37. The number of hydrogen-bond acceptors (Lipinski definition) is 5. The van der Waals surface area contributed by atoms with Crippen LogP contribution < -0.4 is 5.73 Å². The van der Waals surface area contributed by atoms with Crippen molar-refractivity contribution in [3.05, 3.63) is 35.0 Å². The van der Waals surface area contributed by atoms with E-state index in [1.807, 2.05) is 6.07 Å². The second kappa shape index (κ2) is 5.83. The third-order valence-electron chi connectivity index (χ3n) is 2.65. The van der Waals surface area contributed by atoms with Crippen LogP contribution in [0.4, 0.5) is 0 Å². The fourth-order valence-electron chi connectivity index (χ4n) is 1.63. The number of sulfonamides is 1. The van der Waals surface area contributed by atoms with Gasteiger partial charge in [0.2, 0.25) is 0 Å². The minimum absolute atomic E-state index is 0.295. The molecule has 0 aliphatic rings. The lowest BCUT2D eigenvalue weighted by Gasteiger charge is -2.14. The van der Waals surface area contributed by atoms with Gasteiger partial charge in [0, 0.05) is 30.2 Å². The summed E-state index contributed by atoms with van der Waals surface area (Å²) in [6, 6.07) is 3.45. The minimum Gasteiger partial charge on any atom is -0.330 e. The summed E-state index contributed by atoms with van der Waals surface area (Å²) in [4.78, 5) is 0.984. The van der Waals surface area contributed by atoms with Crippen LogP contribution in [0.25, 0.3) is 0 Å². The summed E-state index contributed by atoms with van der Waals surface area (Å²) >= 11 is 1.27. The predicted octanol–water partition coefficient (Wildman–Crippen LogP) is 0.793. The van der Waals surface area contributed by atoms with Crippen LogP contribution in [-0.4, -0.2) is 36.5 Å². The highest BCUT2D eigenvalue weighted by Crippen LogP contribution is 2.25. The van der Waals surface area contributed by atoms with E-state index in [4.69, 9.17) is 5.73 Å². The van der Waals surface area contributed by atoms with E-state index in [0.717, 1.165) is 10.4 Å². The second-order valence-corrected chi connectivity index (χ2v) is 7.57. The van der Waals surface area contributed by atoms with Gasteiger partial charge in [0.05, 0.1) is 6.20 Å². The Balaban J connectivity index is 2.16. The van der Waals surface area contributed by atoms with E-state index in [9.17, 15) is 8.42 Å². The molecule has 0 amide bonds. The molecular weight excluding hydrogens is 284 g/mol. The van der Waals surface area contributed by atoms with Gasteiger partial charge in [-0.2, -0.15) is 9.40 Å². The second-order valence-electron chi connectivity index (χ2n) is 4.13. The van der Waals surface area contributed by atoms with Gasteiger partial charge in [0.15, 0.2) is 0 Å². The zero-order chi connectivity index (χ0) is 13.9. The summed E-state index contributed by atoms with van der Waals surface area (Å²) in [5, 5.41) is 6.47. The number of rotatable bonds is 6. The third kappa shape index (κ3) is 3.21. The van der Waals surface area contributed by atoms with E-state index in [0.29, 0.717) is 23.7 Å². The van der Waals surface area contributed by atoms with Crippen LogP contribution >= 0.6 is 11.3 Å². The molecule has 2 aromatic heterocycles. The van der Waals surface area contributed by atoms with Crippen LogP contribution in [0.5, 0.6) is 0 Å². The number of nitrogens with zero attached hydrogens (tertiary/aromatic N) is 2. The molecule has 0 aliphatic carbocycles. The summed E-state index contributed by atoms with van der Waals surface area (Å²) in [7, 11) is -1.88. The first-order valence-electron chi connectivity index (χ1n) is 5.77. The Bertz CT molecular complexity index is 619. The maximum atomic E-state index is 12.4. The minimum atomic E-state index is -3.44. The van der Waals surface area contributed by atoms with Crippen LogP contribution in [0, 0.1) is 0 Å². The summed E-state index contributed by atoms with van der Waals surface area (Å²) in [6.45, 7) is 0.813. The molecule has 2 aromatic rings. The van der Waals surface area contributed by atoms with Crippen LogP contribution in [0.3, 0.4) is 0 Å².